The topological polar surface area (TPSA) is 73.2 Å². The van der Waals surface area contributed by atoms with Crippen LogP contribution in [0.15, 0.2) is 66.0 Å². The Hall–Kier alpha value is -3.73. The summed E-state index contributed by atoms with van der Waals surface area (Å²) in [4.78, 5) is 29.1. The molecule has 2 heterocycles. The maximum absolute atomic E-state index is 13.4. The quantitative estimate of drug-likeness (QED) is 0.300. The number of hydrogen-bond acceptors (Lipinski definition) is 5. The van der Waals surface area contributed by atoms with E-state index in [1.807, 2.05) is 5.38 Å². The van der Waals surface area contributed by atoms with Gasteiger partial charge in [-0.1, -0.05) is 30.3 Å². The predicted octanol–water partition coefficient (Wildman–Crippen LogP) is 4.70. The number of rotatable bonds is 7. The molecule has 4 aromatic rings. The summed E-state index contributed by atoms with van der Waals surface area (Å²) < 4.78 is 59.1. The lowest BCUT2D eigenvalue weighted by Crippen LogP contribution is -2.33. The van der Waals surface area contributed by atoms with E-state index in [1.165, 1.54) is 59.9 Å². The average molecular weight is 491 g/mol. The maximum Gasteiger partial charge on any atom is 0.449 e. The second-order valence-electron chi connectivity index (χ2n) is 7.24. The number of carbonyl (C=O) groups excluding carboxylic acids is 2. The van der Waals surface area contributed by atoms with Gasteiger partial charge in [0, 0.05) is 4.88 Å². The summed E-state index contributed by atoms with van der Waals surface area (Å²) in [5.74, 6) is -3.36. The lowest BCUT2D eigenvalue weighted by molar-refractivity contribution is -0.153. The molecule has 4 rings (SSSR count). The lowest BCUT2D eigenvalue weighted by Gasteiger charge is -2.18. The minimum absolute atomic E-state index is 0.0819. The number of benzene rings is 2. The predicted molar refractivity (Wildman–Crippen MR) is 116 cm³/mol. The first-order chi connectivity index (χ1) is 16.2. The van der Waals surface area contributed by atoms with Crippen molar-refractivity contribution in [2.75, 3.05) is 6.61 Å². The Labute approximate surface area is 194 Å². The number of amides is 1. The molecule has 0 aliphatic heterocycles. The smallest absolute Gasteiger partial charge is 0.449 e. The van der Waals surface area contributed by atoms with Gasteiger partial charge in [0.1, 0.15) is 12.4 Å². The molecule has 1 unspecified atom stereocenters. The van der Waals surface area contributed by atoms with E-state index in [-0.39, 0.29) is 11.0 Å². The lowest BCUT2D eigenvalue weighted by atomic mass is 10.1. The van der Waals surface area contributed by atoms with Crippen molar-refractivity contribution in [2.24, 2.45) is 0 Å². The molecule has 0 spiro atoms. The summed E-state index contributed by atoms with van der Waals surface area (Å²) >= 11 is 1.37. The van der Waals surface area contributed by atoms with Gasteiger partial charge in [0.05, 0.1) is 17.1 Å². The van der Waals surface area contributed by atoms with Crippen molar-refractivity contribution in [3.8, 4) is 0 Å². The molecule has 1 amide bonds. The van der Waals surface area contributed by atoms with Gasteiger partial charge in [-0.2, -0.15) is 13.2 Å². The minimum Gasteiger partial charge on any atom is -0.454 e. The Morgan fingerprint density at radius 3 is 2.47 bits per heavy atom. The first-order valence-corrected chi connectivity index (χ1v) is 10.9. The van der Waals surface area contributed by atoms with Crippen molar-refractivity contribution in [3.63, 3.8) is 0 Å². The highest BCUT2D eigenvalue weighted by Gasteiger charge is 2.38. The summed E-state index contributed by atoms with van der Waals surface area (Å²) in [6.07, 6.45) is -4.78. The van der Waals surface area contributed by atoms with Crippen LogP contribution in [0.3, 0.4) is 0 Å². The number of nitrogens with one attached hydrogen (secondary N) is 1. The monoisotopic (exact) mass is 491 g/mol. The number of alkyl halides is 3. The van der Waals surface area contributed by atoms with E-state index in [2.05, 4.69) is 10.3 Å². The van der Waals surface area contributed by atoms with E-state index in [1.54, 1.807) is 12.1 Å². The number of thiophene rings is 1. The van der Waals surface area contributed by atoms with Crippen LogP contribution in [-0.4, -0.2) is 28.0 Å². The van der Waals surface area contributed by atoms with Crippen LogP contribution in [0, 0.1) is 5.82 Å². The van der Waals surface area contributed by atoms with Crippen LogP contribution >= 0.6 is 11.3 Å². The van der Waals surface area contributed by atoms with Gasteiger partial charge in [0.2, 0.25) is 5.82 Å². The molecule has 34 heavy (non-hydrogen) atoms. The standard InChI is InChI=1S/C23H17F4N3O3S/c24-15-9-7-14(8-10-15)21(18-6-3-11-34-18)29-19(31)13-33-20(32)12-30-17-5-2-1-4-16(17)28-22(30)23(25,26)27/h1-11,21H,12-13H2,(H,29,31). The van der Waals surface area contributed by atoms with Crippen LogP contribution in [0.5, 0.6) is 0 Å². The number of aromatic nitrogens is 2. The number of para-hydroxylation sites is 2. The fourth-order valence-electron chi connectivity index (χ4n) is 3.40. The first-order valence-electron chi connectivity index (χ1n) is 9.98. The number of esters is 1. The summed E-state index contributed by atoms with van der Waals surface area (Å²) in [5.41, 5.74) is 0.812. The summed E-state index contributed by atoms with van der Waals surface area (Å²) in [5, 5.41) is 4.52. The Kier molecular flexibility index (Phi) is 6.64. The first kappa shape index (κ1) is 23.4. The summed E-state index contributed by atoms with van der Waals surface area (Å²) in [6, 6.07) is 14.4. The highest BCUT2D eigenvalue weighted by Crippen LogP contribution is 2.31. The molecule has 0 saturated heterocycles. The van der Waals surface area contributed by atoms with E-state index >= 15 is 0 Å². The zero-order valence-corrected chi connectivity index (χ0v) is 18.2. The number of ether oxygens (including phenoxy) is 1. The van der Waals surface area contributed by atoms with Crippen LogP contribution in [0.1, 0.15) is 22.3 Å². The second-order valence-corrected chi connectivity index (χ2v) is 8.22. The van der Waals surface area contributed by atoms with Crippen LogP contribution in [0.4, 0.5) is 17.6 Å². The van der Waals surface area contributed by atoms with Crippen molar-refractivity contribution in [3.05, 3.63) is 88.1 Å². The Morgan fingerprint density at radius 2 is 1.79 bits per heavy atom. The Morgan fingerprint density at radius 1 is 1.06 bits per heavy atom. The van der Waals surface area contributed by atoms with E-state index < -0.39 is 48.9 Å². The molecule has 0 saturated carbocycles. The summed E-state index contributed by atoms with van der Waals surface area (Å²) in [6.45, 7) is -1.47. The molecule has 1 N–H and O–H groups in total. The Balaban J connectivity index is 1.44. The third-order valence-corrected chi connectivity index (χ3v) is 5.83. The number of hydrogen-bond donors (Lipinski definition) is 1. The van der Waals surface area contributed by atoms with E-state index in [0.717, 1.165) is 4.88 Å². The van der Waals surface area contributed by atoms with Gasteiger partial charge >= 0.3 is 12.1 Å². The number of imidazole rings is 1. The molecule has 0 radical (unpaired) electrons. The maximum atomic E-state index is 13.4. The number of halogens is 4. The van der Waals surface area contributed by atoms with Crippen LogP contribution in [-0.2, 0) is 27.0 Å². The number of nitrogens with zero attached hydrogens (tertiary/aromatic N) is 2. The normalized spacial score (nSPS) is 12.5. The van der Waals surface area contributed by atoms with Crippen molar-refractivity contribution in [1.29, 1.82) is 0 Å². The van der Waals surface area contributed by atoms with E-state index in [4.69, 9.17) is 4.74 Å². The molecule has 1 atom stereocenters. The molecule has 2 aromatic carbocycles. The van der Waals surface area contributed by atoms with E-state index in [0.29, 0.717) is 10.1 Å². The number of carbonyl (C=O) groups is 2. The minimum atomic E-state index is -4.78. The molecular weight excluding hydrogens is 474 g/mol. The summed E-state index contributed by atoms with van der Waals surface area (Å²) in [7, 11) is 0. The van der Waals surface area contributed by atoms with Crippen LogP contribution < -0.4 is 5.32 Å². The SMILES string of the molecule is O=C(COC(=O)Cn1c(C(F)(F)F)nc2ccccc21)NC(c1ccc(F)cc1)c1cccs1. The van der Waals surface area contributed by atoms with Gasteiger partial charge < -0.3 is 14.6 Å². The molecule has 0 aliphatic rings. The zero-order chi connectivity index (χ0) is 24.3. The zero-order valence-electron chi connectivity index (χ0n) is 17.4. The van der Waals surface area contributed by atoms with Gasteiger partial charge in [0.15, 0.2) is 6.61 Å². The molecular formula is C23H17F4N3O3S. The van der Waals surface area contributed by atoms with Gasteiger partial charge in [-0.25, -0.2) is 9.37 Å². The second kappa shape index (κ2) is 9.64. The highest BCUT2D eigenvalue weighted by molar-refractivity contribution is 7.10. The van der Waals surface area contributed by atoms with Crippen molar-refractivity contribution in [1.82, 2.24) is 14.9 Å². The van der Waals surface area contributed by atoms with Gasteiger partial charge in [-0.05, 0) is 41.3 Å². The highest BCUT2D eigenvalue weighted by atomic mass is 32.1. The molecule has 176 valence electrons. The largest absolute Gasteiger partial charge is 0.454 e. The van der Waals surface area contributed by atoms with Gasteiger partial charge in [-0.15, -0.1) is 11.3 Å². The fraction of sp³-hybridized carbons (Fsp3) is 0.174. The Bertz CT molecular complexity index is 1300. The van der Waals surface area contributed by atoms with Crippen molar-refractivity contribution >= 4 is 34.2 Å². The van der Waals surface area contributed by atoms with Crippen molar-refractivity contribution in [2.45, 2.75) is 18.8 Å². The molecule has 6 nitrogen and oxygen atoms in total. The molecule has 0 aliphatic carbocycles. The van der Waals surface area contributed by atoms with Crippen LogP contribution in [0.2, 0.25) is 0 Å². The molecule has 0 bridgehead atoms. The average Bonchev–Trinajstić information content (AvgIpc) is 3.45. The number of fused-ring (bicyclic) bond motifs is 1. The third-order valence-electron chi connectivity index (χ3n) is 4.90. The van der Waals surface area contributed by atoms with Gasteiger partial charge in [0.25, 0.3) is 5.91 Å². The molecule has 2 aromatic heterocycles. The van der Waals surface area contributed by atoms with Crippen molar-refractivity contribution < 1.29 is 31.9 Å². The molecule has 11 heteroatoms. The fourth-order valence-corrected chi connectivity index (χ4v) is 4.21. The molecule has 0 fully saturated rings. The third kappa shape index (κ3) is 5.25. The van der Waals surface area contributed by atoms with E-state index in [9.17, 15) is 27.2 Å². The van der Waals surface area contributed by atoms with Crippen LogP contribution in [0.25, 0.3) is 11.0 Å². The van der Waals surface area contributed by atoms with Gasteiger partial charge in [-0.3, -0.25) is 9.59 Å².